The lowest BCUT2D eigenvalue weighted by Gasteiger charge is -2.51. The number of aryl methyl sites for hydroxylation is 1. The van der Waals surface area contributed by atoms with Gasteiger partial charge in [0.05, 0.1) is 45.7 Å². The maximum absolute atomic E-state index is 14.1. The van der Waals surface area contributed by atoms with Crippen LogP contribution in [0.5, 0.6) is 0 Å². The van der Waals surface area contributed by atoms with E-state index in [9.17, 15) is 23.3 Å². The molecular weight excluding hydrogens is 776 g/mol. The van der Waals surface area contributed by atoms with Crippen molar-refractivity contribution in [3.05, 3.63) is 79.9 Å². The second-order valence-electron chi connectivity index (χ2n) is 14.0. The average Bonchev–Trinajstić information content (AvgIpc) is 3.60. The van der Waals surface area contributed by atoms with Crippen molar-refractivity contribution in [2.75, 3.05) is 45.5 Å². The SMILES string of the molecule is COC1(OC)CC(N2CCC(N(C)c3ncc4nc(C)n(CC#Cc5ccc(Cl)cc5-c5ccnc6c(C(=O)NS(C)(=O)=O)csc56)c(=O)c4c3C#N)CC2)C1. The lowest BCUT2D eigenvalue weighted by atomic mass is 9.82. The van der Waals surface area contributed by atoms with E-state index in [0.717, 1.165) is 45.0 Å². The van der Waals surface area contributed by atoms with E-state index in [2.05, 4.69) is 37.8 Å². The second-order valence-corrected chi connectivity index (χ2v) is 17.1. The number of nitrogens with one attached hydrogen (secondary N) is 1. The van der Waals surface area contributed by atoms with Crippen LogP contribution < -0.4 is 15.2 Å². The number of nitrogens with zero attached hydrogens (tertiary/aromatic N) is 7. The first kappa shape index (κ1) is 39.3. The summed E-state index contributed by atoms with van der Waals surface area (Å²) in [6.07, 6.45) is 7.41. The Bertz CT molecular complexity index is 2640. The number of methoxy groups -OCH3 is 2. The highest BCUT2D eigenvalue weighted by molar-refractivity contribution is 7.89. The van der Waals surface area contributed by atoms with Crippen LogP contribution >= 0.6 is 22.9 Å². The Morgan fingerprint density at radius 1 is 1.16 bits per heavy atom. The van der Waals surface area contributed by atoms with Crippen molar-refractivity contribution in [3.63, 3.8) is 0 Å². The summed E-state index contributed by atoms with van der Waals surface area (Å²) in [7, 11) is 1.51. The topological polar surface area (TPSA) is 173 Å². The molecule has 5 aromatic rings. The number of anilines is 1. The van der Waals surface area contributed by atoms with E-state index < -0.39 is 21.7 Å². The minimum absolute atomic E-state index is 0.0122. The number of carbonyl (C=O) groups excluding carboxylic acids is 1. The van der Waals surface area contributed by atoms with Crippen LogP contribution in [-0.2, 0) is 26.0 Å². The number of ether oxygens (including phenoxy) is 2. The molecule has 5 heterocycles. The number of pyridine rings is 2. The van der Waals surface area contributed by atoms with Gasteiger partial charge in [0.1, 0.15) is 23.3 Å². The lowest BCUT2D eigenvalue weighted by Crippen LogP contribution is -2.59. The molecule has 4 aromatic heterocycles. The highest BCUT2D eigenvalue weighted by Crippen LogP contribution is 2.41. The van der Waals surface area contributed by atoms with Crippen LogP contribution in [0.4, 0.5) is 5.82 Å². The third kappa shape index (κ3) is 7.48. The van der Waals surface area contributed by atoms with Crippen LogP contribution in [-0.4, -0.2) is 97.2 Å². The number of carbonyl (C=O) groups is 1. The number of likely N-dealkylation sites (tertiary alicyclic amines) is 1. The summed E-state index contributed by atoms with van der Waals surface area (Å²) < 4.78 is 38.7. The molecule has 14 nitrogen and oxygen atoms in total. The predicted octanol–water partition coefficient (Wildman–Crippen LogP) is 4.69. The minimum Gasteiger partial charge on any atom is -0.355 e. The molecule has 1 saturated heterocycles. The molecule has 0 atom stereocenters. The van der Waals surface area contributed by atoms with Crippen molar-refractivity contribution in [3.8, 4) is 29.0 Å². The quantitative estimate of drug-likeness (QED) is 0.161. The van der Waals surface area contributed by atoms with Crippen LogP contribution in [0.15, 0.2) is 46.8 Å². The van der Waals surface area contributed by atoms with Gasteiger partial charge < -0.3 is 14.4 Å². The molecule has 1 saturated carbocycles. The molecule has 1 amide bonds. The van der Waals surface area contributed by atoms with Gasteiger partial charge in [0.15, 0.2) is 5.79 Å². The Hall–Kier alpha value is -4.94. The standard InChI is InChI=1S/C39H39ClN8O6S2/c1-23-44-32-21-43-36(46(2)26-11-15-47(16-12-26)27-18-39(19-27,53-3)54-4)30(20-41)33(32)38(50)48(23)14-6-7-24-8-9-25(40)17-29(24)28-10-13-42-34-31(22-55-35(28)34)37(49)45-56(5,51)52/h8-10,13,17,21-22,26-27H,11-12,14-16,18-19H2,1-5H3,(H,45,49). The Morgan fingerprint density at radius 3 is 2.57 bits per heavy atom. The number of rotatable bonds is 9. The number of nitriles is 1. The van der Waals surface area contributed by atoms with E-state index in [-0.39, 0.29) is 34.7 Å². The first-order valence-corrected chi connectivity index (χ1v) is 21.0. The number of sulfonamides is 1. The molecule has 2 fully saturated rings. The van der Waals surface area contributed by atoms with Crippen LogP contribution in [0.25, 0.3) is 32.2 Å². The number of thiophene rings is 1. The normalized spacial score (nSPS) is 16.2. The van der Waals surface area contributed by atoms with Crippen molar-refractivity contribution in [1.82, 2.24) is 29.1 Å². The third-order valence-corrected chi connectivity index (χ3v) is 12.5. The van der Waals surface area contributed by atoms with E-state index >= 15 is 0 Å². The summed E-state index contributed by atoms with van der Waals surface area (Å²) in [6, 6.07) is 9.78. The summed E-state index contributed by atoms with van der Waals surface area (Å²) in [6.45, 7) is 3.48. The zero-order chi connectivity index (χ0) is 39.9. The molecule has 2 aliphatic rings. The van der Waals surface area contributed by atoms with Gasteiger partial charge in [0, 0.05) is 92.6 Å². The molecule has 7 rings (SSSR count). The number of fused-ring (bicyclic) bond motifs is 2. The zero-order valence-corrected chi connectivity index (χ0v) is 33.8. The molecular formula is C39H39ClN8O6S2. The first-order valence-electron chi connectivity index (χ1n) is 17.8. The van der Waals surface area contributed by atoms with Crippen LogP contribution in [0, 0.1) is 30.1 Å². The molecule has 1 aliphatic carbocycles. The Labute approximate surface area is 333 Å². The highest BCUT2D eigenvalue weighted by Gasteiger charge is 2.48. The monoisotopic (exact) mass is 814 g/mol. The number of halogens is 1. The smallest absolute Gasteiger partial charge is 0.267 e. The van der Waals surface area contributed by atoms with Crippen molar-refractivity contribution < 1.29 is 22.7 Å². The first-order chi connectivity index (χ1) is 26.8. The lowest BCUT2D eigenvalue weighted by molar-refractivity contribution is -0.272. The molecule has 0 unspecified atom stereocenters. The maximum atomic E-state index is 14.1. The summed E-state index contributed by atoms with van der Waals surface area (Å²) in [5.41, 5.74) is 2.56. The van der Waals surface area contributed by atoms with E-state index in [4.69, 9.17) is 21.1 Å². The largest absolute Gasteiger partial charge is 0.355 e. The van der Waals surface area contributed by atoms with Gasteiger partial charge in [0.25, 0.3) is 11.5 Å². The number of hydrogen-bond acceptors (Lipinski definition) is 13. The highest BCUT2D eigenvalue weighted by atomic mass is 35.5. The number of hydrogen-bond donors (Lipinski definition) is 1. The van der Waals surface area contributed by atoms with Gasteiger partial charge in [-0.05, 0) is 44.0 Å². The molecule has 17 heteroatoms. The average molecular weight is 815 g/mol. The van der Waals surface area contributed by atoms with E-state index in [1.807, 2.05) is 16.7 Å². The summed E-state index contributed by atoms with van der Waals surface area (Å²) in [5.74, 6) is 5.88. The molecule has 0 radical (unpaired) electrons. The van der Waals surface area contributed by atoms with Crippen molar-refractivity contribution in [1.29, 1.82) is 5.26 Å². The van der Waals surface area contributed by atoms with E-state index in [1.54, 1.807) is 57.0 Å². The fourth-order valence-electron chi connectivity index (χ4n) is 7.60. The molecule has 1 N–H and O–H groups in total. The molecule has 1 aliphatic heterocycles. The van der Waals surface area contributed by atoms with E-state index in [1.165, 1.54) is 22.1 Å². The number of benzene rings is 1. The maximum Gasteiger partial charge on any atom is 0.267 e. The molecule has 0 bridgehead atoms. The fraction of sp³-hybridized carbons (Fsp3) is 0.385. The number of aromatic nitrogens is 4. The van der Waals surface area contributed by atoms with Gasteiger partial charge in [-0.1, -0.05) is 23.4 Å². The molecule has 0 spiro atoms. The van der Waals surface area contributed by atoms with E-state index in [0.29, 0.717) is 55.1 Å². The van der Waals surface area contributed by atoms with Gasteiger partial charge >= 0.3 is 0 Å². The van der Waals surface area contributed by atoms with Crippen molar-refractivity contribution >= 4 is 65.8 Å². The summed E-state index contributed by atoms with van der Waals surface area (Å²) in [5, 5.41) is 12.6. The van der Waals surface area contributed by atoms with Gasteiger partial charge in [-0.25, -0.2) is 23.1 Å². The molecule has 1 aromatic carbocycles. The Morgan fingerprint density at radius 2 is 1.89 bits per heavy atom. The predicted molar refractivity (Wildman–Crippen MR) is 215 cm³/mol. The Balaban J connectivity index is 1.15. The second kappa shape index (κ2) is 15.5. The minimum atomic E-state index is -3.78. The van der Waals surface area contributed by atoms with Gasteiger partial charge in [-0.3, -0.25) is 24.0 Å². The number of piperidine rings is 1. The fourth-order valence-corrected chi connectivity index (χ4v) is 9.26. The van der Waals surface area contributed by atoms with Crippen LogP contribution in [0.1, 0.15) is 53.0 Å². The number of amides is 1. The van der Waals surface area contributed by atoms with Crippen molar-refractivity contribution in [2.24, 2.45) is 0 Å². The molecule has 290 valence electrons. The summed E-state index contributed by atoms with van der Waals surface area (Å²) >= 11 is 7.69. The summed E-state index contributed by atoms with van der Waals surface area (Å²) in [4.78, 5) is 45.0. The zero-order valence-electron chi connectivity index (χ0n) is 31.4. The Kier molecular flexibility index (Phi) is 10.9. The van der Waals surface area contributed by atoms with Gasteiger partial charge in [-0.2, -0.15) is 5.26 Å². The third-order valence-electron chi connectivity index (χ3n) is 10.7. The molecule has 56 heavy (non-hydrogen) atoms. The van der Waals surface area contributed by atoms with Crippen molar-refractivity contribution in [2.45, 2.75) is 57.0 Å². The van der Waals surface area contributed by atoms with Crippen LogP contribution in [0.3, 0.4) is 0 Å². The van der Waals surface area contributed by atoms with Crippen LogP contribution in [0.2, 0.25) is 5.02 Å². The van der Waals surface area contributed by atoms with Gasteiger partial charge in [-0.15, -0.1) is 11.3 Å². The van der Waals surface area contributed by atoms with Gasteiger partial charge in [0.2, 0.25) is 10.0 Å².